The first-order valence-corrected chi connectivity index (χ1v) is 6.30. The predicted octanol–water partition coefficient (Wildman–Crippen LogP) is 4.17. The van der Waals surface area contributed by atoms with Gasteiger partial charge in [0, 0.05) is 5.56 Å². The van der Waals surface area contributed by atoms with Gasteiger partial charge in [-0.15, -0.1) is 0 Å². The van der Waals surface area contributed by atoms with Crippen LogP contribution in [0.4, 0.5) is 0 Å². The van der Waals surface area contributed by atoms with Gasteiger partial charge in [0.2, 0.25) is 0 Å². The fourth-order valence-corrected chi connectivity index (χ4v) is 2.20. The lowest BCUT2D eigenvalue weighted by molar-refractivity contribution is 0.407. The Bertz CT molecular complexity index is 561. The highest BCUT2D eigenvalue weighted by Gasteiger charge is 2.13. The van der Waals surface area contributed by atoms with Crippen molar-refractivity contribution in [1.29, 1.82) is 0 Å². The third kappa shape index (κ3) is 2.36. The molecule has 0 saturated carbocycles. The Balaban J connectivity index is 2.58. The van der Waals surface area contributed by atoms with E-state index in [1.165, 1.54) is 5.56 Å². The van der Waals surface area contributed by atoms with E-state index in [0.717, 1.165) is 22.6 Å². The van der Waals surface area contributed by atoms with E-state index in [-0.39, 0.29) is 0 Å². The molecule has 1 aromatic heterocycles. The third-order valence-electron chi connectivity index (χ3n) is 3.03. The predicted molar refractivity (Wildman–Crippen MR) is 74.4 cm³/mol. The summed E-state index contributed by atoms with van der Waals surface area (Å²) in [7, 11) is 1.70. The quantitative estimate of drug-likeness (QED) is 0.903. The number of imidazole rings is 1. The Labute approximate surface area is 112 Å². The Morgan fingerprint density at radius 3 is 2.56 bits per heavy atom. The van der Waals surface area contributed by atoms with Gasteiger partial charge in [0.05, 0.1) is 19.0 Å². The zero-order chi connectivity index (χ0) is 13.3. The van der Waals surface area contributed by atoms with Crippen LogP contribution in [0.15, 0.2) is 18.3 Å². The minimum Gasteiger partial charge on any atom is -0.496 e. The normalized spacial score (nSPS) is 11.0. The topological polar surface area (TPSA) is 37.9 Å². The molecule has 96 valence electrons. The van der Waals surface area contributed by atoms with E-state index in [1.54, 1.807) is 13.3 Å². The van der Waals surface area contributed by atoms with Gasteiger partial charge >= 0.3 is 0 Å². The molecule has 0 atom stereocenters. The van der Waals surface area contributed by atoms with Crippen molar-refractivity contribution in [1.82, 2.24) is 9.97 Å². The monoisotopic (exact) mass is 264 g/mol. The number of H-pyrrole nitrogens is 1. The summed E-state index contributed by atoms with van der Waals surface area (Å²) in [5, 5.41) is 0.409. The molecule has 0 aliphatic rings. The molecular weight excluding hydrogens is 248 g/mol. The molecule has 0 aliphatic heterocycles. The van der Waals surface area contributed by atoms with E-state index in [9.17, 15) is 0 Å². The molecule has 1 N–H and O–H groups in total. The highest BCUT2D eigenvalue weighted by Crippen LogP contribution is 2.33. The molecule has 2 aromatic rings. The highest BCUT2D eigenvalue weighted by atomic mass is 35.5. The van der Waals surface area contributed by atoms with Crippen LogP contribution in [0.2, 0.25) is 5.28 Å². The molecule has 0 unspecified atom stereocenters. The summed E-state index contributed by atoms with van der Waals surface area (Å²) in [5.41, 5.74) is 4.36. The van der Waals surface area contributed by atoms with Gasteiger partial charge in [0.1, 0.15) is 5.75 Å². The van der Waals surface area contributed by atoms with Crippen molar-refractivity contribution in [3.63, 3.8) is 0 Å². The second kappa shape index (κ2) is 5.02. The molecule has 0 saturated heterocycles. The van der Waals surface area contributed by atoms with Gasteiger partial charge in [0.25, 0.3) is 0 Å². The first-order valence-electron chi connectivity index (χ1n) is 5.92. The number of rotatable bonds is 3. The van der Waals surface area contributed by atoms with Gasteiger partial charge in [-0.1, -0.05) is 13.8 Å². The summed E-state index contributed by atoms with van der Waals surface area (Å²) in [6.07, 6.45) is 1.75. The van der Waals surface area contributed by atoms with E-state index in [4.69, 9.17) is 16.3 Å². The maximum atomic E-state index is 5.83. The number of aryl methyl sites for hydroxylation is 1. The lowest BCUT2D eigenvalue weighted by atomic mass is 9.95. The summed E-state index contributed by atoms with van der Waals surface area (Å²) in [5.74, 6) is 1.33. The maximum absolute atomic E-state index is 5.83. The van der Waals surface area contributed by atoms with Gasteiger partial charge in [-0.05, 0) is 47.7 Å². The molecule has 0 radical (unpaired) electrons. The number of methoxy groups -OCH3 is 1. The number of aromatic nitrogens is 2. The van der Waals surface area contributed by atoms with E-state index in [0.29, 0.717) is 11.2 Å². The van der Waals surface area contributed by atoms with E-state index in [2.05, 4.69) is 42.9 Å². The van der Waals surface area contributed by atoms with E-state index >= 15 is 0 Å². The summed E-state index contributed by atoms with van der Waals surface area (Å²) >= 11 is 5.83. The first-order chi connectivity index (χ1) is 8.52. The lowest BCUT2D eigenvalue weighted by Gasteiger charge is -2.15. The van der Waals surface area contributed by atoms with Gasteiger partial charge in [0.15, 0.2) is 5.28 Å². The molecule has 3 nitrogen and oxygen atoms in total. The molecule has 1 aromatic carbocycles. The average molecular weight is 265 g/mol. The van der Waals surface area contributed by atoms with E-state index < -0.39 is 0 Å². The van der Waals surface area contributed by atoms with Crippen LogP contribution in [0.1, 0.15) is 30.9 Å². The van der Waals surface area contributed by atoms with Crippen molar-refractivity contribution >= 4 is 11.6 Å². The second-order valence-corrected chi connectivity index (χ2v) is 5.01. The van der Waals surface area contributed by atoms with Crippen LogP contribution in [0.3, 0.4) is 0 Å². The molecule has 0 fully saturated rings. The Hall–Kier alpha value is -1.48. The molecule has 0 spiro atoms. The molecular formula is C14H17ClN2O. The number of nitrogens with zero attached hydrogens (tertiary/aromatic N) is 1. The van der Waals surface area contributed by atoms with Crippen LogP contribution >= 0.6 is 11.6 Å². The van der Waals surface area contributed by atoms with Crippen molar-refractivity contribution in [2.45, 2.75) is 26.7 Å². The molecule has 4 heteroatoms. The molecule has 0 aliphatic carbocycles. The highest BCUT2D eigenvalue weighted by molar-refractivity contribution is 6.28. The van der Waals surface area contributed by atoms with Gasteiger partial charge in [-0.25, -0.2) is 4.98 Å². The summed E-state index contributed by atoms with van der Waals surface area (Å²) < 4.78 is 5.43. The number of benzene rings is 1. The van der Waals surface area contributed by atoms with Crippen LogP contribution in [0.25, 0.3) is 11.3 Å². The minimum absolute atomic E-state index is 0.401. The van der Waals surface area contributed by atoms with Crippen LogP contribution in [-0.4, -0.2) is 17.1 Å². The SMILES string of the molecule is COc1cc(C)c(-c2cnc(Cl)[nH]2)cc1C(C)C. The van der Waals surface area contributed by atoms with E-state index in [1.807, 2.05) is 0 Å². The molecule has 0 amide bonds. The Kier molecular flexibility index (Phi) is 3.62. The van der Waals surface area contributed by atoms with Crippen molar-refractivity contribution < 1.29 is 4.74 Å². The van der Waals surface area contributed by atoms with Crippen molar-refractivity contribution in [3.05, 3.63) is 34.7 Å². The van der Waals surface area contributed by atoms with Crippen molar-refractivity contribution in [2.24, 2.45) is 0 Å². The van der Waals surface area contributed by atoms with Crippen molar-refractivity contribution in [3.8, 4) is 17.0 Å². The number of ether oxygens (including phenoxy) is 1. The molecule has 1 heterocycles. The number of nitrogens with one attached hydrogen (secondary N) is 1. The van der Waals surface area contributed by atoms with Gasteiger partial charge in [-0.3, -0.25) is 0 Å². The Morgan fingerprint density at radius 1 is 1.33 bits per heavy atom. The maximum Gasteiger partial charge on any atom is 0.200 e. The summed E-state index contributed by atoms with van der Waals surface area (Å²) in [6.45, 7) is 6.35. The fraction of sp³-hybridized carbons (Fsp3) is 0.357. The Morgan fingerprint density at radius 2 is 2.06 bits per heavy atom. The van der Waals surface area contributed by atoms with Crippen LogP contribution < -0.4 is 4.74 Å². The van der Waals surface area contributed by atoms with Gasteiger partial charge < -0.3 is 9.72 Å². The number of aromatic amines is 1. The summed E-state index contributed by atoms with van der Waals surface area (Å²) in [6, 6.07) is 4.20. The second-order valence-electron chi connectivity index (χ2n) is 4.65. The molecule has 0 bridgehead atoms. The zero-order valence-corrected chi connectivity index (χ0v) is 11.8. The van der Waals surface area contributed by atoms with Gasteiger partial charge in [-0.2, -0.15) is 0 Å². The molecule has 2 rings (SSSR count). The number of halogens is 1. The standard InChI is InChI=1S/C14H17ClN2O/c1-8(2)10-6-11(9(3)5-13(10)18-4)12-7-16-14(15)17-12/h5-8H,1-4H3,(H,16,17). The zero-order valence-electron chi connectivity index (χ0n) is 11.0. The van der Waals surface area contributed by atoms with Crippen LogP contribution in [-0.2, 0) is 0 Å². The number of hydrogen-bond donors (Lipinski definition) is 1. The fourth-order valence-electron chi connectivity index (χ4n) is 2.05. The average Bonchev–Trinajstić information content (AvgIpc) is 2.74. The lowest BCUT2D eigenvalue weighted by Crippen LogP contribution is -1.97. The minimum atomic E-state index is 0.401. The third-order valence-corrected chi connectivity index (χ3v) is 3.23. The molecule has 18 heavy (non-hydrogen) atoms. The largest absolute Gasteiger partial charge is 0.496 e. The first kappa shape index (κ1) is 13.0. The van der Waals surface area contributed by atoms with Crippen LogP contribution in [0.5, 0.6) is 5.75 Å². The smallest absolute Gasteiger partial charge is 0.200 e. The van der Waals surface area contributed by atoms with Crippen molar-refractivity contribution in [2.75, 3.05) is 7.11 Å². The number of hydrogen-bond acceptors (Lipinski definition) is 2. The summed E-state index contributed by atoms with van der Waals surface area (Å²) in [4.78, 5) is 7.08. The van der Waals surface area contributed by atoms with Crippen LogP contribution in [0, 0.1) is 6.92 Å².